The van der Waals surface area contributed by atoms with Crippen molar-refractivity contribution < 1.29 is 14.3 Å². The van der Waals surface area contributed by atoms with Crippen LogP contribution in [0.2, 0.25) is 0 Å². The number of nitrogens with one attached hydrogen (secondary N) is 1. The Bertz CT molecular complexity index is 447. The van der Waals surface area contributed by atoms with Crippen LogP contribution in [0, 0.1) is 5.92 Å². The molecule has 5 heteroatoms. The molecule has 1 aromatic carbocycles. The van der Waals surface area contributed by atoms with Crippen molar-refractivity contribution in [2.75, 3.05) is 7.11 Å². The number of benzene rings is 1. The summed E-state index contributed by atoms with van der Waals surface area (Å²) in [4.78, 5) is 23.0. The summed E-state index contributed by atoms with van der Waals surface area (Å²) in [5.41, 5.74) is 6.35. The molecule has 0 spiro atoms. The fourth-order valence-corrected chi connectivity index (χ4v) is 2.37. The summed E-state index contributed by atoms with van der Waals surface area (Å²) in [6.07, 6.45) is 0.377. The fraction of sp³-hybridized carbons (Fsp3) is 0.385. The highest BCUT2D eigenvalue weighted by atomic mass is 16.5. The first kappa shape index (κ1) is 12.6. The van der Waals surface area contributed by atoms with E-state index in [1.807, 2.05) is 30.3 Å². The van der Waals surface area contributed by atoms with E-state index < -0.39 is 17.9 Å². The van der Waals surface area contributed by atoms with Crippen LogP contribution in [0.1, 0.15) is 18.0 Å². The minimum atomic E-state index is -0.474. The SMILES string of the molecule is COC(=O)C1CC(C(N)=O)C(c2ccccc2)N1. The number of rotatable bonds is 3. The van der Waals surface area contributed by atoms with E-state index in [2.05, 4.69) is 5.32 Å². The molecule has 0 bridgehead atoms. The number of amides is 1. The first-order valence-corrected chi connectivity index (χ1v) is 5.81. The maximum Gasteiger partial charge on any atom is 0.322 e. The summed E-state index contributed by atoms with van der Waals surface area (Å²) in [6.45, 7) is 0. The number of nitrogens with two attached hydrogens (primary N) is 1. The maximum absolute atomic E-state index is 11.5. The quantitative estimate of drug-likeness (QED) is 0.757. The molecule has 1 heterocycles. The van der Waals surface area contributed by atoms with Gasteiger partial charge in [-0.1, -0.05) is 30.3 Å². The van der Waals surface area contributed by atoms with Gasteiger partial charge in [-0.3, -0.25) is 14.9 Å². The summed E-state index contributed by atoms with van der Waals surface area (Å²) in [5, 5.41) is 3.11. The molecule has 0 aliphatic carbocycles. The van der Waals surface area contributed by atoms with Gasteiger partial charge in [0.1, 0.15) is 6.04 Å². The van der Waals surface area contributed by atoms with Gasteiger partial charge in [-0.25, -0.2) is 0 Å². The summed E-state index contributed by atoms with van der Waals surface area (Å²) in [5.74, 6) is -1.15. The lowest BCUT2D eigenvalue weighted by atomic mass is 9.93. The Morgan fingerprint density at radius 2 is 2.00 bits per heavy atom. The van der Waals surface area contributed by atoms with Crippen molar-refractivity contribution >= 4 is 11.9 Å². The monoisotopic (exact) mass is 248 g/mol. The van der Waals surface area contributed by atoms with Gasteiger partial charge >= 0.3 is 5.97 Å². The summed E-state index contributed by atoms with van der Waals surface area (Å²) in [6, 6.07) is 8.79. The van der Waals surface area contributed by atoms with Crippen molar-refractivity contribution in [2.45, 2.75) is 18.5 Å². The number of ether oxygens (including phenoxy) is 1. The highest BCUT2D eigenvalue weighted by molar-refractivity contribution is 5.82. The molecule has 5 nitrogen and oxygen atoms in total. The number of methoxy groups -OCH3 is 1. The van der Waals surface area contributed by atoms with Gasteiger partial charge in [-0.15, -0.1) is 0 Å². The molecule has 3 N–H and O–H groups in total. The minimum absolute atomic E-state index is 0.229. The second-order valence-electron chi connectivity index (χ2n) is 4.38. The van der Waals surface area contributed by atoms with Gasteiger partial charge in [0.2, 0.25) is 5.91 Å². The van der Waals surface area contributed by atoms with Gasteiger partial charge in [-0.05, 0) is 12.0 Å². The van der Waals surface area contributed by atoms with Crippen LogP contribution in [0.3, 0.4) is 0 Å². The number of primary amides is 1. The first-order chi connectivity index (χ1) is 8.63. The highest BCUT2D eigenvalue weighted by Crippen LogP contribution is 2.32. The molecular formula is C13H16N2O3. The van der Waals surface area contributed by atoms with Gasteiger partial charge in [0.25, 0.3) is 0 Å². The van der Waals surface area contributed by atoms with Crippen molar-refractivity contribution in [1.82, 2.24) is 5.32 Å². The average molecular weight is 248 g/mol. The predicted molar refractivity (Wildman–Crippen MR) is 65.4 cm³/mol. The van der Waals surface area contributed by atoms with Crippen LogP contribution in [0.25, 0.3) is 0 Å². The topological polar surface area (TPSA) is 81.4 Å². The minimum Gasteiger partial charge on any atom is -0.468 e. The van der Waals surface area contributed by atoms with Gasteiger partial charge in [0, 0.05) is 6.04 Å². The molecule has 2 rings (SSSR count). The predicted octanol–water partition coefficient (Wildman–Crippen LogP) is 0.364. The van der Waals surface area contributed by atoms with Crippen LogP contribution < -0.4 is 11.1 Å². The third-order valence-electron chi connectivity index (χ3n) is 3.28. The van der Waals surface area contributed by atoms with Crippen molar-refractivity contribution in [2.24, 2.45) is 11.7 Å². The van der Waals surface area contributed by atoms with E-state index in [9.17, 15) is 9.59 Å². The van der Waals surface area contributed by atoms with Gasteiger partial charge in [0.05, 0.1) is 13.0 Å². The number of hydrogen-bond acceptors (Lipinski definition) is 4. The van der Waals surface area contributed by atoms with Gasteiger partial charge < -0.3 is 10.5 Å². The molecule has 1 aromatic rings. The molecular weight excluding hydrogens is 232 g/mol. The Kier molecular flexibility index (Phi) is 3.62. The van der Waals surface area contributed by atoms with Crippen LogP contribution in [0.5, 0.6) is 0 Å². The zero-order chi connectivity index (χ0) is 13.1. The van der Waals surface area contributed by atoms with Crippen LogP contribution in [0.4, 0.5) is 0 Å². The van der Waals surface area contributed by atoms with E-state index in [0.717, 1.165) is 5.56 Å². The third kappa shape index (κ3) is 2.36. The average Bonchev–Trinajstić information content (AvgIpc) is 2.84. The van der Waals surface area contributed by atoms with E-state index in [1.165, 1.54) is 7.11 Å². The Morgan fingerprint density at radius 1 is 1.33 bits per heavy atom. The number of carbonyl (C=O) groups excluding carboxylic acids is 2. The first-order valence-electron chi connectivity index (χ1n) is 5.81. The normalized spacial score (nSPS) is 26.8. The second kappa shape index (κ2) is 5.18. The van der Waals surface area contributed by atoms with Gasteiger partial charge in [-0.2, -0.15) is 0 Å². The Morgan fingerprint density at radius 3 is 2.56 bits per heavy atom. The van der Waals surface area contributed by atoms with E-state index in [0.29, 0.717) is 6.42 Å². The zero-order valence-corrected chi connectivity index (χ0v) is 10.1. The summed E-state index contributed by atoms with van der Waals surface area (Å²) >= 11 is 0. The van der Waals surface area contributed by atoms with E-state index in [4.69, 9.17) is 10.5 Å². The van der Waals surface area contributed by atoms with Crippen molar-refractivity contribution in [3.63, 3.8) is 0 Å². The zero-order valence-electron chi connectivity index (χ0n) is 10.1. The van der Waals surface area contributed by atoms with Gasteiger partial charge in [0.15, 0.2) is 0 Å². The second-order valence-corrected chi connectivity index (χ2v) is 4.38. The molecule has 0 aromatic heterocycles. The molecule has 1 aliphatic rings. The Balaban J connectivity index is 2.23. The van der Waals surface area contributed by atoms with E-state index >= 15 is 0 Å². The Labute approximate surface area is 105 Å². The summed E-state index contributed by atoms with van der Waals surface area (Å²) in [7, 11) is 1.33. The summed E-state index contributed by atoms with van der Waals surface area (Å²) < 4.78 is 4.69. The van der Waals surface area contributed by atoms with Crippen molar-refractivity contribution in [1.29, 1.82) is 0 Å². The molecule has 0 saturated carbocycles. The molecule has 1 aliphatic heterocycles. The molecule has 3 unspecified atom stereocenters. The number of carbonyl (C=O) groups is 2. The van der Waals surface area contributed by atoms with Crippen LogP contribution in [-0.2, 0) is 14.3 Å². The molecule has 0 radical (unpaired) electrons. The number of esters is 1. The Hall–Kier alpha value is -1.88. The molecule has 1 amide bonds. The molecule has 96 valence electrons. The molecule has 3 atom stereocenters. The standard InChI is InChI=1S/C13H16N2O3/c1-18-13(17)10-7-9(12(14)16)11(15-10)8-5-3-2-4-6-8/h2-6,9-11,15H,7H2,1H3,(H2,14,16). The lowest BCUT2D eigenvalue weighted by molar-refractivity contribution is -0.142. The van der Waals surface area contributed by atoms with Crippen molar-refractivity contribution in [3.8, 4) is 0 Å². The lowest BCUT2D eigenvalue weighted by Crippen LogP contribution is -2.33. The van der Waals surface area contributed by atoms with Crippen molar-refractivity contribution in [3.05, 3.63) is 35.9 Å². The largest absolute Gasteiger partial charge is 0.468 e. The van der Waals surface area contributed by atoms with Crippen LogP contribution in [-0.4, -0.2) is 25.0 Å². The molecule has 1 fully saturated rings. The van der Waals surface area contributed by atoms with E-state index in [1.54, 1.807) is 0 Å². The maximum atomic E-state index is 11.5. The third-order valence-corrected chi connectivity index (χ3v) is 3.28. The van der Waals surface area contributed by atoms with Crippen LogP contribution >= 0.6 is 0 Å². The highest BCUT2D eigenvalue weighted by Gasteiger charge is 2.41. The number of hydrogen-bond donors (Lipinski definition) is 2. The smallest absolute Gasteiger partial charge is 0.322 e. The molecule has 1 saturated heterocycles. The molecule has 18 heavy (non-hydrogen) atoms. The fourth-order valence-electron chi connectivity index (χ4n) is 2.37. The lowest BCUT2D eigenvalue weighted by Gasteiger charge is -2.17. The van der Waals surface area contributed by atoms with Crippen LogP contribution in [0.15, 0.2) is 30.3 Å². The van der Waals surface area contributed by atoms with E-state index in [-0.39, 0.29) is 12.0 Å².